The van der Waals surface area contributed by atoms with E-state index in [1.54, 1.807) is 29.0 Å². The summed E-state index contributed by atoms with van der Waals surface area (Å²) in [6, 6.07) is 5.45. The number of fused-ring (bicyclic) bond motifs is 1. The number of nitrogens with one attached hydrogen (secondary N) is 1. The molecule has 8 nitrogen and oxygen atoms in total. The average Bonchev–Trinajstić information content (AvgIpc) is 3.04. The maximum atomic E-state index is 12.2. The van der Waals surface area contributed by atoms with Gasteiger partial charge in [0.25, 0.3) is 16.0 Å². The van der Waals surface area contributed by atoms with Crippen molar-refractivity contribution >= 4 is 21.6 Å². The molecular formula is C12H14N6O2S. The fourth-order valence-corrected chi connectivity index (χ4v) is 2.66. The van der Waals surface area contributed by atoms with Gasteiger partial charge < -0.3 is 4.57 Å². The number of aromatic nitrogens is 5. The molecule has 9 heteroatoms. The molecule has 0 aliphatic rings. The molecular weight excluding hydrogens is 292 g/mol. The zero-order valence-corrected chi connectivity index (χ0v) is 12.3. The van der Waals surface area contributed by atoms with Gasteiger partial charge in [-0.1, -0.05) is 6.07 Å². The third-order valence-electron chi connectivity index (χ3n) is 2.92. The molecule has 3 aromatic rings. The Bertz CT molecular complexity index is 847. The summed E-state index contributed by atoms with van der Waals surface area (Å²) in [6.45, 7) is 3.88. The fraction of sp³-hybridized carbons (Fsp3) is 0.250. The zero-order valence-electron chi connectivity index (χ0n) is 11.5. The van der Waals surface area contributed by atoms with Crippen LogP contribution in [0.1, 0.15) is 19.9 Å². The predicted octanol–water partition coefficient (Wildman–Crippen LogP) is 1.31. The van der Waals surface area contributed by atoms with Crippen molar-refractivity contribution < 1.29 is 8.42 Å². The summed E-state index contributed by atoms with van der Waals surface area (Å²) in [7, 11) is -3.79. The molecule has 0 radical (unpaired) electrons. The Labute approximate surface area is 121 Å². The minimum atomic E-state index is -3.79. The van der Waals surface area contributed by atoms with Crippen molar-refractivity contribution in [2.24, 2.45) is 0 Å². The molecule has 0 spiro atoms. The smallest absolute Gasteiger partial charge is 0.283 e. The summed E-state index contributed by atoms with van der Waals surface area (Å²) in [6.07, 6.45) is 4.65. The molecule has 0 atom stereocenters. The Kier molecular flexibility index (Phi) is 3.13. The second-order valence-corrected chi connectivity index (χ2v) is 6.43. The first kappa shape index (κ1) is 13.6. The van der Waals surface area contributed by atoms with E-state index in [1.165, 1.54) is 17.0 Å². The van der Waals surface area contributed by atoms with Crippen LogP contribution >= 0.6 is 0 Å². The molecule has 0 aliphatic heterocycles. The molecule has 0 amide bonds. The number of hydrogen-bond acceptors (Lipinski definition) is 5. The highest BCUT2D eigenvalue weighted by Gasteiger charge is 2.20. The van der Waals surface area contributed by atoms with Crippen LogP contribution in [-0.2, 0) is 10.0 Å². The molecule has 1 N–H and O–H groups in total. The zero-order chi connectivity index (χ0) is 15.0. The van der Waals surface area contributed by atoms with Gasteiger partial charge in [0.15, 0.2) is 10.7 Å². The van der Waals surface area contributed by atoms with Crippen LogP contribution < -0.4 is 4.72 Å². The van der Waals surface area contributed by atoms with Crippen LogP contribution in [0.3, 0.4) is 0 Å². The molecule has 0 bridgehead atoms. The highest BCUT2D eigenvalue weighted by atomic mass is 32.2. The van der Waals surface area contributed by atoms with Gasteiger partial charge in [0, 0.05) is 18.4 Å². The fourth-order valence-electron chi connectivity index (χ4n) is 1.79. The largest absolute Gasteiger partial charge is 0.334 e. The Hall–Kier alpha value is -2.42. The molecule has 0 aliphatic carbocycles. The lowest BCUT2D eigenvalue weighted by molar-refractivity contribution is 0.591. The summed E-state index contributed by atoms with van der Waals surface area (Å²) < 4.78 is 30.0. The van der Waals surface area contributed by atoms with Crippen LogP contribution in [0.15, 0.2) is 41.9 Å². The van der Waals surface area contributed by atoms with E-state index in [-0.39, 0.29) is 17.0 Å². The van der Waals surface area contributed by atoms with E-state index in [1.807, 2.05) is 13.8 Å². The highest BCUT2D eigenvalue weighted by molar-refractivity contribution is 7.92. The van der Waals surface area contributed by atoms with E-state index < -0.39 is 10.0 Å². The Morgan fingerprint density at radius 2 is 2.10 bits per heavy atom. The van der Waals surface area contributed by atoms with Gasteiger partial charge in [-0.25, -0.2) is 14.2 Å². The quantitative estimate of drug-likeness (QED) is 0.784. The minimum absolute atomic E-state index is 0.0142. The van der Waals surface area contributed by atoms with Crippen molar-refractivity contribution in [2.75, 3.05) is 4.72 Å². The van der Waals surface area contributed by atoms with Crippen molar-refractivity contribution in [2.45, 2.75) is 24.9 Å². The summed E-state index contributed by atoms with van der Waals surface area (Å²) in [5, 5.41) is 3.99. The summed E-state index contributed by atoms with van der Waals surface area (Å²) in [5.74, 6) is 0.0142. The van der Waals surface area contributed by atoms with Crippen molar-refractivity contribution in [3.63, 3.8) is 0 Å². The summed E-state index contributed by atoms with van der Waals surface area (Å²) in [5.41, 5.74) is 0.558. The number of nitrogens with zero attached hydrogens (tertiary/aromatic N) is 5. The normalized spacial score (nSPS) is 12.1. The Morgan fingerprint density at radius 1 is 1.29 bits per heavy atom. The first-order valence-electron chi connectivity index (χ1n) is 6.33. The van der Waals surface area contributed by atoms with Crippen LogP contribution in [0.25, 0.3) is 5.65 Å². The number of sulfonamides is 1. The van der Waals surface area contributed by atoms with E-state index in [9.17, 15) is 8.42 Å². The molecule has 0 saturated carbocycles. The highest BCUT2D eigenvalue weighted by Crippen LogP contribution is 2.14. The molecule has 21 heavy (non-hydrogen) atoms. The lowest BCUT2D eigenvalue weighted by Gasteiger charge is -2.04. The first-order valence-corrected chi connectivity index (χ1v) is 7.82. The Balaban J connectivity index is 1.91. The van der Waals surface area contributed by atoms with E-state index in [2.05, 4.69) is 19.8 Å². The molecule has 3 aromatic heterocycles. The van der Waals surface area contributed by atoms with Crippen molar-refractivity contribution in [1.29, 1.82) is 0 Å². The van der Waals surface area contributed by atoms with Crippen LogP contribution in [0.5, 0.6) is 0 Å². The van der Waals surface area contributed by atoms with E-state index in [4.69, 9.17) is 0 Å². The molecule has 0 aromatic carbocycles. The van der Waals surface area contributed by atoms with Crippen molar-refractivity contribution in [1.82, 2.24) is 24.1 Å². The summed E-state index contributed by atoms with van der Waals surface area (Å²) in [4.78, 5) is 8.00. The minimum Gasteiger partial charge on any atom is -0.334 e. The van der Waals surface area contributed by atoms with Gasteiger partial charge in [-0.05, 0) is 26.0 Å². The van der Waals surface area contributed by atoms with Gasteiger partial charge in [0.05, 0.1) is 6.33 Å². The number of anilines is 1. The number of imidazole rings is 1. The van der Waals surface area contributed by atoms with Gasteiger partial charge >= 0.3 is 0 Å². The summed E-state index contributed by atoms with van der Waals surface area (Å²) >= 11 is 0. The molecule has 0 fully saturated rings. The molecule has 0 unspecified atom stereocenters. The topological polar surface area (TPSA) is 94.2 Å². The number of rotatable bonds is 4. The van der Waals surface area contributed by atoms with Crippen LogP contribution in [0.2, 0.25) is 0 Å². The van der Waals surface area contributed by atoms with Gasteiger partial charge in [-0.3, -0.25) is 0 Å². The Morgan fingerprint density at radius 3 is 2.76 bits per heavy atom. The van der Waals surface area contributed by atoms with Crippen LogP contribution in [0.4, 0.5) is 5.95 Å². The predicted molar refractivity (Wildman–Crippen MR) is 76.4 cm³/mol. The lowest BCUT2D eigenvalue weighted by Crippen LogP contribution is -2.14. The van der Waals surface area contributed by atoms with Gasteiger partial charge in [0.2, 0.25) is 0 Å². The van der Waals surface area contributed by atoms with E-state index in [0.717, 1.165) is 0 Å². The molecule has 3 rings (SSSR count). The van der Waals surface area contributed by atoms with E-state index >= 15 is 0 Å². The van der Waals surface area contributed by atoms with Gasteiger partial charge in [-0.15, -0.1) is 5.10 Å². The molecule has 3 heterocycles. The second-order valence-electron chi connectivity index (χ2n) is 4.80. The SMILES string of the molecule is CC(C)n1cnc(S(=O)(=O)Nc2nc3ccccn3n2)c1. The third kappa shape index (κ3) is 2.59. The van der Waals surface area contributed by atoms with Gasteiger partial charge in [-0.2, -0.15) is 13.4 Å². The van der Waals surface area contributed by atoms with E-state index in [0.29, 0.717) is 5.65 Å². The van der Waals surface area contributed by atoms with Crippen LogP contribution in [-0.4, -0.2) is 32.6 Å². The first-order chi connectivity index (χ1) is 9.95. The maximum absolute atomic E-state index is 12.2. The molecule has 0 saturated heterocycles. The van der Waals surface area contributed by atoms with Crippen molar-refractivity contribution in [3.8, 4) is 0 Å². The van der Waals surface area contributed by atoms with Crippen molar-refractivity contribution in [3.05, 3.63) is 36.9 Å². The third-order valence-corrected chi connectivity index (χ3v) is 4.13. The molecule has 110 valence electrons. The number of pyridine rings is 1. The second kappa shape index (κ2) is 4.85. The number of hydrogen-bond donors (Lipinski definition) is 1. The van der Waals surface area contributed by atoms with Crippen LogP contribution in [0, 0.1) is 0 Å². The maximum Gasteiger partial charge on any atom is 0.283 e. The average molecular weight is 306 g/mol. The monoisotopic (exact) mass is 306 g/mol. The standard InChI is InChI=1S/C12H14N6O2S/c1-9(2)17-7-11(13-8-17)21(19,20)16-12-14-10-5-3-4-6-18(10)15-12/h3-9H,1-2H3,(H,15,16). The lowest BCUT2D eigenvalue weighted by atomic mass is 10.4. The van der Waals surface area contributed by atoms with Gasteiger partial charge in [0.1, 0.15) is 0 Å².